The molecule has 2 aromatic heterocycles. The van der Waals surface area contributed by atoms with Gasteiger partial charge in [0, 0.05) is 19.1 Å². The molecule has 0 bridgehead atoms. The van der Waals surface area contributed by atoms with Crippen LogP contribution in [-0.2, 0) is 11.2 Å². The maximum Gasteiger partial charge on any atom is 0.350 e. The molecule has 158 valence electrons. The zero-order chi connectivity index (χ0) is 21.1. The van der Waals surface area contributed by atoms with Crippen molar-refractivity contribution in [1.82, 2.24) is 20.3 Å². The van der Waals surface area contributed by atoms with Crippen molar-refractivity contribution in [3.05, 3.63) is 27.2 Å². The number of aromatic amines is 1. The van der Waals surface area contributed by atoms with Crippen molar-refractivity contribution >= 4 is 51.5 Å². The van der Waals surface area contributed by atoms with Crippen molar-refractivity contribution in [2.75, 3.05) is 24.6 Å². The Morgan fingerprint density at radius 3 is 2.76 bits per heavy atom. The standard InChI is InChI=1S/C18H23Cl2N5O3S/c1-4-11-14(20)24-15(22-11)16(26)23-12-6-7-25(8-10(12)19)18-21-9(3)13(29-18)17(27)28-5-2/h10,12H,4-8H2,1-3H3,(H,22,24)(H,23,26)/t10-,12+/m0/s1. The van der Waals surface area contributed by atoms with Crippen LogP contribution in [0.5, 0.6) is 0 Å². The summed E-state index contributed by atoms with van der Waals surface area (Å²) in [6.45, 7) is 6.96. The van der Waals surface area contributed by atoms with Crippen molar-refractivity contribution < 1.29 is 14.3 Å². The van der Waals surface area contributed by atoms with E-state index in [-0.39, 0.29) is 29.1 Å². The maximum atomic E-state index is 12.5. The van der Waals surface area contributed by atoms with Crippen LogP contribution in [0, 0.1) is 6.92 Å². The van der Waals surface area contributed by atoms with Crippen molar-refractivity contribution in [2.24, 2.45) is 0 Å². The number of imidazole rings is 1. The normalized spacial score (nSPS) is 19.3. The first-order valence-corrected chi connectivity index (χ1v) is 11.1. The second-order valence-corrected chi connectivity index (χ2v) is 8.57. The van der Waals surface area contributed by atoms with E-state index in [1.165, 1.54) is 11.3 Å². The van der Waals surface area contributed by atoms with Gasteiger partial charge < -0.3 is 19.9 Å². The molecule has 1 aliphatic heterocycles. The lowest BCUT2D eigenvalue weighted by molar-refractivity contribution is 0.0531. The second kappa shape index (κ2) is 9.32. The maximum absolute atomic E-state index is 12.5. The van der Waals surface area contributed by atoms with Crippen LogP contribution in [0.1, 0.15) is 51.9 Å². The lowest BCUT2D eigenvalue weighted by atomic mass is 10.0. The fraction of sp³-hybridized carbons (Fsp3) is 0.556. The Kier molecular flexibility index (Phi) is 7.02. The van der Waals surface area contributed by atoms with E-state index >= 15 is 0 Å². The summed E-state index contributed by atoms with van der Waals surface area (Å²) in [4.78, 5) is 38.5. The van der Waals surface area contributed by atoms with Crippen LogP contribution in [-0.4, -0.2) is 57.9 Å². The molecule has 3 rings (SSSR count). The number of ether oxygens (including phenoxy) is 1. The largest absolute Gasteiger partial charge is 0.462 e. The highest BCUT2D eigenvalue weighted by atomic mass is 35.5. The number of piperidine rings is 1. The molecule has 0 saturated carbocycles. The summed E-state index contributed by atoms with van der Waals surface area (Å²) in [6.07, 6.45) is 1.30. The summed E-state index contributed by atoms with van der Waals surface area (Å²) < 4.78 is 5.07. The van der Waals surface area contributed by atoms with Crippen LogP contribution in [0.2, 0.25) is 5.15 Å². The number of halogens is 2. The van der Waals surface area contributed by atoms with Gasteiger partial charge in [0.25, 0.3) is 5.91 Å². The number of amides is 1. The van der Waals surface area contributed by atoms with Gasteiger partial charge in [-0.1, -0.05) is 29.9 Å². The molecule has 1 aliphatic rings. The Balaban J connectivity index is 1.62. The number of nitrogens with one attached hydrogen (secondary N) is 2. The minimum atomic E-state index is -0.359. The molecule has 2 N–H and O–H groups in total. The molecule has 0 aromatic carbocycles. The third kappa shape index (κ3) is 4.84. The smallest absolute Gasteiger partial charge is 0.350 e. The average molecular weight is 460 g/mol. The van der Waals surface area contributed by atoms with Crippen LogP contribution in [0.3, 0.4) is 0 Å². The van der Waals surface area contributed by atoms with E-state index in [1.54, 1.807) is 13.8 Å². The van der Waals surface area contributed by atoms with Gasteiger partial charge in [0.2, 0.25) is 0 Å². The van der Waals surface area contributed by atoms with Gasteiger partial charge in [-0.2, -0.15) is 0 Å². The zero-order valence-electron chi connectivity index (χ0n) is 16.4. The lowest BCUT2D eigenvalue weighted by Gasteiger charge is -2.35. The Bertz CT molecular complexity index is 900. The number of aromatic nitrogens is 3. The number of hydrogen-bond donors (Lipinski definition) is 2. The first kappa shape index (κ1) is 21.9. The van der Waals surface area contributed by atoms with Gasteiger partial charge in [-0.3, -0.25) is 4.79 Å². The van der Waals surface area contributed by atoms with E-state index in [0.717, 1.165) is 10.8 Å². The Morgan fingerprint density at radius 1 is 1.38 bits per heavy atom. The monoisotopic (exact) mass is 459 g/mol. The predicted molar refractivity (Wildman–Crippen MR) is 114 cm³/mol. The average Bonchev–Trinajstić information content (AvgIpc) is 3.26. The molecular formula is C18H23Cl2N5O3S. The zero-order valence-corrected chi connectivity index (χ0v) is 18.7. The van der Waals surface area contributed by atoms with E-state index in [9.17, 15) is 9.59 Å². The molecule has 0 aliphatic carbocycles. The molecule has 2 atom stereocenters. The highest BCUT2D eigenvalue weighted by Gasteiger charge is 2.32. The van der Waals surface area contributed by atoms with Crippen molar-refractivity contribution in [1.29, 1.82) is 0 Å². The van der Waals surface area contributed by atoms with Gasteiger partial charge in [0.1, 0.15) is 4.88 Å². The third-order valence-electron chi connectivity index (χ3n) is 4.67. The minimum absolute atomic E-state index is 0.188. The SMILES string of the molecule is CCOC(=O)c1sc(N2CC[C@@H](NC(=O)c3nc(Cl)c(CC)[nH]3)[C@@H](Cl)C2)nc1C. The fourth-order valence-corrected chi connectivity index (χ4v) is 4.73. The molecule has 0 spiro atoms. The van der Waals surface area contributed by atoms with Gasteiger partial charge in [-0.25, -0.2) is 14.8 Å². The molecule has 1 fully saturated rings. The molecule has 8 nitrogen and oxygen atoms in total. The van der Waals surface area contributed by atoms with Crippen LogP contribution in [0.4, 0.5) is 5.13 Å². The molecule has 3 heterocycles. The molecule has 1 amide bonds. The third-order valence-corrected chi connectivity index (χ3v) is 6.62. The summed E-state index contributed by atoms with van der Waals surface area (Å²) in [6, 6.07) is -0.208. The quantitative estimate of drug-likeness (QED) is 0.508. The Labute approximate surface area is 183 Å². The lowest BCUT2D eigenvalue weighted by Crippen LogP contribution is -2.52. The molecule has 2 aromatic rings. The predicted octanol–water partition coefficient (Wildman–Crippen LogP) is 3.18. The summed E-state index contributed by atoms with van der Waals surface area (Å²) in [5.74, 6) is -0.500. The number of H-pyrrole nitrogens is 1. The number of alkyl halides is 1. The first-order valence-electron chi connectivity index (χ1n) is 9.42. The topological polar surface area (TPSA) is 100 Å². The van der Waals surface area contributed by atoms with Gasteiger partial charge in [-0.15, -0.1) is 11.6 Å². The first-order chi connectivity index (χ1) is 13.8. The van der Waals surface area contributed by atoms with Gasteiger partial charge >= 0.3 is 5.97 Å². The van der Waals surface area contributed by atoms with Crippen molar-refractivity contribution in [2.45, 2.75) is 45.0 Å². The van der Waals surface area contributed by atoms with Crippen molar-refractivity contribution in [3.63, 3.8) is 0 Å². The molecule has 29 heavy (non-hydrogen) atoms. The van der Waals surface area contributed by atoms with Crippen LogP contribution < -0.4 is 10.2 Å². The number of carbonyl (C=O) groups excluding carboxylic acids is 2. The molecule has 11 heteroatoms. The summed E-state index contributed by atoms with van der Waals surface area (Å²) >= 11 is 13.9. The van der Waals surface area contributed by atoms with Crippen molar-refractivity contribution in [3.8, 4) is 0 Å². The van der Waals surface area contributed by atoms with E-state index in [0.29, 0.717) is 48.3 Å². The number of carbonyl (C=O) groups is 2. The highest BCUT2D eigenvalue weighted by Crippen LogP contribution is 2.30. The summed E-state index contributed by atoms with van der Waals surface area (Å²) in [7, 11) is 0. The molecule has 0 unspecified atom stereocenters. The Morgan fingerprint density at radius 2 is 2.14 bits per heavy atom. The minimum Gasteiger partial charge on any atom is -0.462 e. The summed E-state index contributed by atoms with van der Waals surface area (Å²) in [5.41, 5.74) is 1.37. The number of esters is 1. The fourth-order valence-electron chi connectivity index (χ4n) is 3.11. The van der Waals surface area contributed by atoms with E-state index in [4.69, 9.17) is 27.9 Å². The molecular weight excluding hydrogens is 437 g/mol. The summed E-state index contributed by atoms with van der Waals surface area (Å²) in [5, 5.41) is 3.65. The number of nitrogens with zero attached hydrogens (tertiary/aromatic N) is 3. The van der Waals surface area contributed by atoms with Crippen LogP contribution >= 0.6 is 34.5 Å². The number of hydrogen-bond acceptors (Lipinski definition) is 7. The number of anilines is 1. The molecule has 0 radical (unpaired) electrons. The highest BCUT2D eigenvalue weighted by molar-refractivity contribution is 7.17. The van der Waals surface area contributed by atoms with Gasteiger partial charge in [-0.05, 0) is 26.7 Å². The van der Waals surface area contributed by atoms with Crippen LogP contribution in [0.15, 0.2) is 0 Å². The number of thiazole rings is 1. The molecule has 1 saturated heterocycles. The van der Waals surface area contributed by atoms with E-state index in [1.807, 2.05) is 11.8 Å². The van der Waals surface area contributed by atoms with Crippen LogP contribution in [0.25, 0.3) is 0 Å². The van der Waals surface area contributed by atoms with Gasteiger partial charge in [0.05, 0.1) is 23.4 Å². The number of aryl methyl sites for hydroxylation is 2. The Hall–Kier alpha value is -1.84. The van der Waals surface area contributed by atoms with E-state index in [2.05, 4.69) is 20.3 Å². The van der Waals surface area contributed by atoms with E-state index < -0.39 is 0 Å². The van der Waals surface area contributed by atoms with Gasteiger partial charge in [0.15, 0.2) is 16.1 Å². The second-order valence-electron chi connectivity index (χ2n) is 6.67. The number of rotatable bonds is 6.